The number of rotatable bonds is 0. The summed E-state index contributed by atoms with van der Waals surface area (Å²) in [6, 6.07) is 0. The summed E-state index contributed by atoms with van der Waals surface area (Å²) in [6.45, 7) is 0. The third-order valence-electron chi connectivity index (χ3n) is 0.684. The zero-order chi connectivity index (χ0) is 4.41. The first kappa shape index (κ1) is 6.81. The van der Waals surface area contributed by atoms with E-state index in [9.17, 15) is 0 Å². The summed E-state index contributed by atoms with van der Waals surface area (Å²) in [4.78, 5) is 2.89. The van der Waals surface area contributed by atoms with Gasteiger partial charge in [-0.1, -0.05) is 0 Å². The van der Waals surface area contributed by atoms with Gasteiger partial charge in [-0.3, -0.25) is 4.98 Å². The van der Waals surface area contributed by atoms with E-state index in [1.165, 1.54) is 0 Å². The van der Waals surface area contributed by atoms with Gasteiger partial charge in [0.15, 0.2) is 0 Å². The van der Waals surface area contributed by atoms with Gasteiger partial charge in [-0.2, -0.15) is 0 Å². The fraction of sp³-hybridized carbons (Fsp3) is 0.250. The van der Waals surface area contributed by atoms with Crippen LogP contribution in [0.4, 0.5) is 0 Å². The van der Waals surface area contributed by atoms with Crippen molar-refractivity contribution >= 4 is 0 Å². The second-order valence-electron chi connectivity index (χ2n) is 1.28. The molecular formula is C4H7LiN2+2. The summed E-state index contributed by atoms with van der Waals surface area (Å²) in [5.74, 6) is 0. The van der Waals surface area contributed by atoms with Crippen LogP contribution in [-0.2, 0) is 7.05 Å². The Morgan fingerprint density at radius 3 is 2.43 bits per heavy atom. The SMILES string of the molecule is C[n+]1cc[nH]c1.[Li+]. The van der Waals surface area contributed by atoms with Gasteiger partial charge in [-0.25, -0.2) is 4.57 Å². The van der Waals surface area contributed by atoms with Crippen LogP contribution >= 0.6 is 0 Å². The number of aromatic nitrogens is 2. The van der Waals surface area contributed by atoms with Crippen molar-refractivity contribution in [2.24, 2.45) is 7.05 Å². The predicted octanol–water partition coefficient (Wildman–Crippen LogP) is -3.16. The molecule has 0 aliphatic rings. The van der Waals surface area contributed by atoms with E-state index in [1.807, 2.05) is 30.3 Å². The molecule has 1 aromatic rings. The molecule has 1 heterocycles. The van der Waals surface area contributed by atoms with Crippen LogP contribution in [0.2, 0.25) is 0 Å². The molecule has 1 aromatic heterocycles. The van der Waals surface area contributed by atoms with E-state index < -0.39 is 0 Å². The van der Waals surface area contributed by atoms with Crippen LogP contribution in [0.15, 0.2) is 18.7 Å². The van der Waals surface area contributed by atoms with E-state index in [-0.39, 0.29) is 18.9 Å². The van der Waals surface area contributed by atoms with Crippen LogP contribution in [0.25, 0.3) is 0 Å². The number of hydrogen-bond acceptors (Lipinski definition) is 0. The first-order valence-corrected chi connectivity index (χ1v) is 1.87. The maximum atomic E-state index is 2.89. The number of imidazole rings is 1. The van der Waals surface area contributed by atoms with Crippen molar-refractivity contribution in [3.8, 4) is 0 Å². The Hall–Kier alpha value is -0.193. The quantitative estimate of drug-likeness (QED) is 0.256. The molecule has 3 heteroatoms. The number of H-pyrrole nitrogens is 1. The van der Waals surface area contributed by atoms with Gasteiger partial charge in [0.1, 0.15) is 12.4 Å². The van der Waals surface area contributed by atoms with Gasteiger partial charge in [-0.05, 0) is 0 Å². The molecular weight excluding hydrogens is 83.0 g/mol. The molecule has 0 aliphatic heterocycles. The maximum Gasteiger partial charge on any atom is 1.00 e. The Morgan fingerprint density at radius 2 is 2.29 bits per heavy atom. The summed E-state index contributed by atoms with van der Waals surface area (Å²) < 4.78 is 1.94. The zero-order valence-corrected chi connectivity index (χ0v) is 4.68. The topological polar surface area (TPSA) is 19.7 Å². The summed E-state index contributed by atoms with van der Waals surface area (Å²) in [5, 5.41) is 0. The molecule has 0 atom stereocenters. The van der Waals surface area contributed by atoms with Crippen molar-refractivity contribution in [3.05, 3.63) is 18.7 Å². The molecule has 0 saturated heterocycles. The smallest absolute Gasteiger partial charge is 0.250 e. The molecule has 1 N–H and O–H groups in total. The molecule has 0 bridgehead atoms. The summed E-state index contributed by atoms with van der Waals surface area (Å²) in [5.41, 5.74) is 0. The third kappa shape index (κ3) is 1.82. The van der Waals surface area contributed by atoms with Gasteiger partial charge in [0.05, 0.1) is 7.05 Å². The van der Waals surface area contributed by atoms with Gasteiger partial charge >= 0.3 is 18.9 Å². The van der Waals surface area contributed by atoms with Gasteiger partial charge < -0.3 is 0 Å². The molecule has 7 heavy (non-hydrogen) atoms. The average molecular weight is 90.1 g/mol. The molecule has 0 aromatic carbocycles. The minimum atomic E-state index is 0. The van der Waals surface area contributed by atoms with E-state index in [4.69, 9.17) is 0 Å². The van der Waals surface area contributed by atoms with E-state index in [1.54, 1.807) is 0 Å². The van der Waals surface area contributed by atoms with Crippen molar-refractivity contribution < 1.29 is 23.4 Å². The van der Waals surface area contributed by atoms with Crippen molar-refractivity contribution in [2.45, 2.75) is 0 Å². The minimum Gasteiger partial charge on any atom is -0.250 e. The second-order valence-corrected chi connectivity index (χ2v) is 1.28. The molecule has 0 aliphatic carbocycles. The Kier molecular flexibility index (Phi) is 2.82. The van der Waals surface area contributed by atoms with Gasteiger partial charge in [0, 0.05) is 0 Å². The molecule has 1 rings (SSSR count). The van der Waals surface area contributed by atoms with Crippen molar-refractivity contribution in [1.29, 1.82) is 0 Å². The fourth-order valence-electron chi connectivity index (χ4n) is 0.364. The number of aromatic amines is 1. The molecule has 0 amide bonds. The number of aryl methyl sites for hydroxylation is 1. The van der Waals surface area contributed by atoms with E-state index >= 15 is 0 Å². The van der Waals surface area contributed by atoms with Gasteiger partial charge in [-0.15, -0.1) is 0 Å². The summed E-state index contributed by atoms with van der Waals surface area (Å²) in [7, 11) is 1.97. The van der Waals surface area contributed by atoms with Crippen molar-refractivity contribution in [3.63, 3.8) is 0 Å². The first-order valence-electron chi connectivity index (χ1n) is 1.87. The Balaban J connectivity index is 0.000000360. The van der Waals surface area contributed by atoms with Gasteiger partial charge in [0.2, 0.25) is 6.33 Å². The first-order chi connectivity index (χ1) is 2.89. The Morgan fingerprint density at radius 1 is 1.57 bits per heavy atom. The molecule has 0 radical (unpaired) electrons. The zero-order valence-electron chi connectivity index (χ0n) is 4.68. The largest absolute Gasteiger partial charge is 1.00 e. The second kappa shape index (κ2) is 2.90. The standard InChI is InChI=1S/C4H6N2.Li/c1-6-3-2-5-4-6;/h2-4H,1H3;/q;+1/p+1. The fourth-order valence-corrected chi connectivity index (χ4v) is 0.364. The molecule has 0 spiro atoms. The molecule has 0 saturated carbocycles. The minimum absolute atomic E-state index is 0. The molecule has 2 nitrogen and oxygen atoms in total. The number of hydrogen-bond donors (Lipinski definition) is 1. The molecule has 32 valence electrons. The Labute approximate surface area is 54.7 Å². The Bertz CT molecular complexity index is 113. The monoisotopic (exact) mass is 90.1 g/mol. The van der Waals surface area contributed by atoms with Gasteiger partial charge in [0.25, 0.3) is 0 Å². The van der Waals surface area contributed by atoms with Crippen LogP contribution in [0, 0.1) is 0 Å². The molecule has 0 fully saturated rings. The van der Waals surface area contributed by atoms with E-state index in [2.05, 4.69) is 4.98 Å². The summed E-state index contributed by atoms with van der Waals surface area (Å²) in [6.07, 6.45) is 5.69. The average Bonchev–Trinajstić information content (AvgIpc) is 1.86. The van der Waals surface area contributed by atoms with Crippen molar-refractivity contribution in [1.82, 2.24) is 4.98 Å². The normalized spacial score (nSPS) is 7.57. The van der Waals surface area contributed by atoms with Crippen LogP contribution in [0.5, 0.6) is 0 Å². The maximum absolute atomic E-state index is 2.89. The van der Waals surface area contributed by atoms with Crippen LogP contribution < -0.4 is 23.4 Å². The van der Waals surface area contributed by atoms with E-state index in [0.29, 0.717) is 0 Å². The van der Waals surface area contributed by atoms with Crippen LogP contribution in [0.3, 0.4) is 0 Å². The van der Waals surface area contributed by atoms with Crippen LogP contribution in [0.1, 0.15) is 0 Å². The summed E-state index contributed by atoms with van der Waals surface area (Å²) >= 11 is 0. The predicted molar refractivity (Wildman–Crippen MR) is 22.0 cm³/mol. The number of nitrogens with one attached hydrogen (secondary N) is 1. The van der Waals surface area contributed by atoms with E-state index in [0.717, 1.165) is 0 Å². The van der Waals surface area contributed by atoms with Crippen LogP contribution in [-0.4, -0.2) is 4.98 Å². The van der Waals surface area contributed by atoms with Crippen molar-refractivity contribution in [2.75, 3.05) is 0 Å². The number of nitrogens with zero attached hydrogens (tertiary/aromatic N) is 1. The molecule has 0 unspecified atom stereocenters. The third-order valence-corrected chi connectivity index (χ3v) is 0.684.